The molecule has 216 valence electrons. The lowest BCUT2D eigenvalue weighted by molar-refractivity contribution is -0.181. The van der Waals surface area contributed by atoms with Gasteiger partial charge in [-0.05, 0) is 98.2 Å². The standard InChI is InChI=1S/C23H42O.C10H10O2.C2H6/c1-14(2)16(4)23(7)17(5)19-9-8-18-12-15(3)10-11-22(18,6)20(19)13-21(23)24;1-7(11)9-5-3-4-6-10(9)8(2)12;1-2/h14-21,24H,8-13H2,1-7H3;3-6H,1-2H3;1-2H3/t15?,16?,17?,18?,19?,20?,21?,22?,23-;;/m1../s1. The molecule has 38 heavy (non-hydrogen) atoms. The molecule has 1 N–H and O–H groups in total. The highest BCUT2D eigenvalue weighted by atomic mass is 16.3. The predicted octanol–water partition coefficient (Wildman–Crippen LogP) is 9.27. The number of carbonyl (C=O) groups is 2. The number of benzene rings is 1. The molecule has 0 amide bonds. The van der Waals surface area contributed by atoms with E-state index in [1.807, 2.05) is 13.8 Å². The molecular formula is C35H58O3. The summed E-state index contributed by atoms with van der Waals surface area (Å²) >= 11 is 0. The zero-order valence-corrected chi connectivity index (χ0v) is 26.4. The SMILES string of the molecule is CC.CC(=O)c1ccccc1C(C)=O.CC1CCC2(C)C(CCC3C2CC(O)[C@](C)(C(C)C(C)C)C3C)C1. The van der Waals surface area contributed by atoms with Crippen LogP contribution in [0.25, 0.3) is 0 Å². The van der Waals surface area contributed by atoms with Crippen molar-refractivity contribution in [1.29, 1.82) is 0 Å². The fourth-order valence-electron chi connectivity index (χ4n) is 8.49. The van der Waals surface area contributed by atoms with Gasteiger partial charge < -0.3 is 5.11 Å². The number of ketones is 2. The minimum Gasteiger partial charge on any atom is -0.393 e. The number of Topliss-reactive ketones (excluding diaryl/α,β-unsaturated/α-hetero) is 2. The van der Waals surface area contributed by atoms with Crippen molar-refractivity contribution in [2.75, 3.05) is 0 Å². The Hall–Kier alpha value is -1.48. The Morgan fingerprint density at radius 1 is 0.895 bits per heavy atom. The van der Waals surface area contributed by atoms with E-state index in [0.29, 0.717) is 34.3 Å². The average molecular weight is 527 g/mol. The highest BCUT2D eigenvalue weighted by Crippen LogP contribution is 2.64. The van der Waals surface area contributed by atoms with Gasteiger partial charge in [0.05, 0.1) is 6.10 Å². The summed E-state index contributed by atoms with van der Waals surface area (Å²) in [7, 11) is 0. The van der Waals surface area contributed by atoms with Crippen LogP contribution in [0, 0.1) is 52.3 Å². The lowest BCUT2D eigenvalue weighted by Gasteiger charge is -2.63. The lowest BCUT2D eigenvalue weighted by Crippen LogP contribution is -2.59. The normalized spacial score (nSPS) is 36.9. The molecule has 9 atom stereocenters. The van der Waals surface area contributed by atoms with Gasteiger partial charge in [-0.25, -0.2) is 0 Å². The number of rotatable bonds is 4. The summed E-state index contributed by atoms with van der Waals surface area (Å²) in [4.78, 5) is 22.0. The molecule has 0 heterocycles. The van der Waals surface area contributed by atoms with Gasteiger partial charge in [-0.15, -0.1) is 0 Å². The van der Waals surface area contributed by atoms with Crippen LogP contribution >= 0.6 is 0 Å². The van der Waals surface area contributed by atoms with Crippen molar-refractivity contribution >= 4 is 11.6 Å². The minimum absolute atomic E-state index is 0.0687. The molecule has 3 nitrogen and oxygen atoms in total. The zero-order chi connectivity index (χ0) is 29.0. The summed E-state index contributed by atoms with van der Waals surface area (Å²) in [5.74, 6) is 5.13. The van der Waals surface area contributed by atoms with E-state index in [-0.39, 0.29) is 23.1 Å². The lowest BCUT2D eigenvalue weighted by atomic mass is 9.42. The molecule has 1 aromatic rings. The second-order valence-electron chi connectivity index (χ2n) is 13.5. The van der Waals surface area contributed by atoms with E-state index in [4.69, 9.17) is 0 Å². The monoisotopic (exact) mass is 526 g/mol. The predicted molar refractivity (Wildman–Crippen MR) is 161 cm³/mol. The van der Waals surface area contributed by atoms with Crippen LogP contribution in [0.2, 0.25) is 0 Å². The summed E-state index contributed by atoms with van der Waals surface area (Å²) in [6, 6.07) is 6.84. The van der Waals surface area contributed by atoms with Gasteiger partial charge in [-0.2, -0.15) is 0 Å². The second-order valence-corrected chi connectivity index (χ2v) is 13.5. The Balaban J connectivity index is 0.000000305. The smallest absolute Gasteiger partial charge is 0.160 e. The quantitative estimate of drug-likeness (QED) is 0.398. The van der Waals surface area contributed by atoms with Crippen LogP contribution < -0.4 is 0 Å². The van der Waals surface area contributed by atoms with Crippen molar-refractivity contribution in [3.05, 3.63) is 35.4 Å². The topological polar surface area (TPSA) is 54.4 Å². The number of hydrogen-bond donors (Lipinski definition) is 1. The van der Waals surface area contributed by atoms with Gasteiger partial charge in [0.25, 0.3) is 0 Å². The van der Waals surface area contributed by atoms with Crippen LogP contribution in [0.3, 0.4) is 0 Å². The van der Waals surface area contributed by atoms with Crippen LogP contribution in [0.4, 0.5) is 0 Å². The third-order valence-corrected chi connectivity index (χ3v) is 11.5. The zero-order valence-electron chi connectivity index (χ0n) is 26.4. The summed E-state index contributed by atoms with van der Waals surface area (Å²) in [6.07, 6.45) is 8.02. The Morgan fingerprint density at radius 3 is 1.89 bits per heavy atom. The molecule has 3 heteroatoms. The highest BCUT2D eigenvalue weighted by Gasteiger charge is 2.59. The summed E-state index contributed by atoms with van der Waals surface area (Å²) in [6.45, 7) is 23.9. The molecule has 4 rings (SSSR count). The minimum atomic E-state index is -0.124. The van der Waals surface area contributed by atoms with Crippen LogP contribution in [0.5, 0.6) is 0 Å². The van der Waals surface area contributed by atoms with Crippen molar-refractivity contribution in [1.82, 2.24) is 0 Å². The first-order valence-electron chi connectivity index (χ1n) is 15.5. The third kappa shape index (κ3) is 6.29. The maximum atomic E-state index is 11.3. The largest absolute Gasteiger partial charge is 0.393 e. The van der Waals surface area contributed by atoms with Crippen LogP contribution in [0.15, 0.2) is 24.3 Å². The molecule has 0 bridgehead atoms. The third-order valence-electron chi connectivity index (χ3n) is 11.5. The molecule has 0 spiro atoms. The van der Waals surface area contributed by atoms with E-state index in [0.717, 1.165) is 30.1 Å². The first-order valence-corrected chi connectivity index (χ1v) is 15.5. The maximum Gasteiger partial charge on any atom is 0.160 e. The Kier molecular flexibility index (Phi) is 11.4. The van der Waals surface area contributed by atoms with E-state index in [1.54, 1.807) is 24.3 Å². The molecule has 3 fully saturated rings. The van der Waals surface area contributed by atoms with Crippen LogP contribution in [0.1, 0.15) is 135 Å². The van der Waals surface area contributed by atoms with Gasteiger partial charge in [-0.1, -0.05) is 93.0 Å². The van der Waals surface area contributed by atoms with Crippen molar-refractivity contribution in [3.8, 4) is 0 Å². The molecule has 1 aromatic carbocycles. The Morgan fingerprint density at radius 2 is 1.42 bits per heavy atom. The van der Waals surface area contributed by atoms with Crippen LogP contribution in [-0.2, 0) is 0 Å². The molecule has 0 aromatic heterocycles. The molecule has 3 saturated carbocycles. The summed E-state index contributed by atoms with van der Waals surface area (Å²) in [5, 5.41) is 11.3. The van der Waals surface area contributed by atoms with Crippen molar-refractivity contribution in [3.63, 3.8) is 0 Å². The van der Waals surface area contributed by atoms with Gasteiger partial charge in [0.15, 0.2) is 11.6 Å². The Labute approximate surface area is 234 Å². The van der Waals surface area contributed by atoms with E-state index in [2.05, 4.69) is 48.5 Å². The fraction of sp³-hybridized carbons (Fsp3) is 0.771. The van der Waals surface area contributed by atoms with Crippen molar-refractivity contribution < 1.29 is 14.7 Å². The van der Waals surface area contributed by atoms with Crippen LogP contribution in [-0.4, -0.2) is 22.8 Å². The fourth-order valence-corrected chi connectivity index (χ4v) is 8.49. The molecule has 0 saturated heterocycles. The van der Waals surface area contributed by atoms with E-state index < -0.39 is 0 Å². The highest BCUT2D eigenvalue weighted by molar-refractivity contribution is 6.07. The van der Waals surface area contributed by atoms with Gasteiger partial charge in [0.2, 0.25) is 0 Å². The summed E-state index contributed by atoms with van der Waals surface area (Å²) < 4.78 is 0. The number of fused-ring (bicyclic) bond motifs is 3. The average Bonchev–Trinajstić information content (AvgIpc) is 2.89. The molecule has 8 unspecified atom stereocenters. The Bertz CT molecular complexity index is 902. The first-order chi connectivity index (χ1) is 17.7. The second kappa shape index (κ2) is 13.2. The van der Waals surface area contributed by atoms with E-state index in [1.165, 1.54) is 46.0 Å². The number of carbonyl (C=O) groups excluding carboxylic acids is 2. The number of aliphatic hydroxyl groups excluding tert-OH is 1. The molecule has 3 aliphatic rings. The summed E-state index contributed by atoms with van der Waals surface area (Å²) in [5.41, 5.74) is 1.59. The first kappa shape index (κ1) is 32.7. The molecular weight excluding hydrogens is 468 g/mol. The maximum absolute atomic E-state index is 11.3. The van der Waals surface area contributed by atoms with Gasteiger partial charge >= 0.3 is 0 Å². The van der Waals surface area contributed by atoms with E-state index >= 15 is 0 Å². The number of hydrogen-bond acceptors (Lipinski definition) is 3. The van der Waals surface area contributed by atoms with Crippen molar-refractivity contribution in [2.24, 2.45) is 52.3 Å². The van der Waals surface area contributed by atoms with Crippen molar-refractivity contribution in [2.45, 2.75) is 121 Å². The number of aliphatic hydroxyl groups is 1. The van der Waals surface area contributed by atoms with E-state index in [9.17, 15) is 14.7 Å². The molecule has 0 aliphatic heterocycles. The molecule has 0 radical (unpaired) electrons. The van der Waals surface area contributed by atoms with Gasteiger partial charge in [-0.3, -0.25) is 9.59 Å². The van der Waals surface area contributed by atoms with Gasteiger partial charge in [0.1, 0.15) is 0 Å². The van der Waals surface area contributed by atoms with Gasteiger partial charge in [0, 0.05) is 11.1 Å². The molecule has 3 aliphatic carbocycles.